The molecule has 0 unspecified atom stereocenters. The number of aliphatic carboxylic acids is 1. The maximum Gasteiger partial charge on any atom is 0.328 e. The topological polar surface area (TPSA) is 55.8 Å². The lowest BCUT2D eigenvalue weighted by atomic mass is 10.2. The third-order valence-electron chi connectivity index (χ3n) is 1.91. The highest BCUT2D eigenvalue weighted by molar-refractivity contribution is 5.85. The molecule has 4 nitrogen and oxygen atoms in total. The zero-order valence-corrected chi connectivity index (χ0v) is 9.27. The van der Waals surface area contributed by atoms with Crippen molar-refractivity contribution in [2.45, 2.75) is 6.92 Å². The van der Waals surface area contributed by atoms with Crippen molar-refractivity contribution in [3.8, 4) is 11.5 Å². The van der Waals surface area contributed by atoms with E-state index in [4.69, 9.17) is 14.6 Å². The van der Waals surface area contributed by atoms with E-state index in [1.165, 1.54) is 6.08 Å². The van der Waals surface area contributed by atoms with E-state index in [0.717, 1.165) is 11.6 Å². The average molecular weight is 222 g/mol. The van der Waals surface area contributed by atoms with Gasteiger partial charge in [0.1, 0.15) is 0 Å². The molecular weight excluding hydrogens is 208 g/mol. The van der Waals surface area contributed by atoms with Gasteiger partial charge < -0.3 is 14.6 Å². The number of carboxylic acids is 1. The highest BCUT2D eigenvalue weighted by Crippen LogP contribution is 2.28. The van der Waals surface area contributed by atoms with E-state index in [-0.39, 0.29) is 0 Å². The number of hydrogen-bond acceptors (Lipinski definition) is 3. The molecule has 0 atom stereocenters. The van der Waals surface area contributed by atoms with Gasteiger partial charge >= 0.3 is 5.97 Å². The zero-order valence-electron chi connectivity index (χ0n) is 9.27. The van der Waals surface area contributed by atoms with Crippen molar-refractivity contribution in [2.24, 2.45) is 0 Å². The molecule has 0 radical (unpaired) electrons. The van der Waals surface area contributed by atoms with Crippen molar-refractivity contribution in [3.05, 3.63) is 29.8 Å². The molecule has 0 aliphatic heterocycles. The van der Waals surface area contributed by atoms with Gasteiger partial charge in [0.25, 0.3) is 0 Å². The summed E-state index contributed by atoms with van der Waals surface area (Å²) in [5.74, 6) is 0.264. The lowest BCUT2D eigenvalue weighted by molar-refractivity contribution is -0.131. The standard InChI is InChI=1S/C12H14O4/c1-3-16-10-6-4-9(5-7-12(13)14)8-11(10)15-2/h4-8H,3H2,1-2H3,(H,13,14)/b7-5-. The SMILES string of the molecule is CCOc1ccc(/C=C\C(=O)O)cc1OC. The number of carbonyl (C=O) groups is 1. The van der Waals surface area contributed by atoms with E-state index < -0.39 is 5.97 Å². The van der Waals surface area contributed by atoms with Crippen LogP contribution in [0.3, 0.4) is 0 Å². The molecule has 1 aromatic carbocycles. The van der Waals surface area contributed by atoms with E-state index in [1.54, 1.807) is 25.3 Å². The molecule has 0 heterocycles. The Balaban J connectivity index is 2.94. The minimum Gasteiger partial charge on any atom is -0.493 e. The van der Waals surface area contributed by atoms with E-state index in [1.807, 2.05) is 6.92 Å². The van der Waals surface area contributed by atoms with Crippen LogP contribution >= 0.6 is 0 Å². The predicted octanol–water partition coefficient (Wildman–Crippen LogP) is 2.19. The van der Waals surface area contributed by atoms with Crippen LogP contribution in [-0.4, -0.2) is 24.8 Å². The first kappa shape index (κ1) is 12.1. The first-order valence-electron chi connectivity index (χ1n) is 4.89. The molecule has 0 saturated carbocycles. The zero-order chi connectivity index (χ0) is 12.0. The van der Waals surface area contributed by atoms with E-state index in [0.29, 0.717) is 18.1 Å². The highest BCUT2D eigenvalue weighted by Gasteiger charge is 2.03. The summed E-state index contributed by atoms with van der Waals surface area (Å²) in [5, 5.41) is 8.50. The molecule has 4 heteroatoms. The minimum atomic E-state index is -0.979. The normalized spacial score (nSPS) is 10.4. The van der Waals surface area contributed by atoms with Gasteiger partial charge in [-0.05, 0) is 30.7 Å². The van der Waals surface area contributed by atoms with Crippen molar-refractivity contribution in [3.63, 3.8) is 0 Å². The third-order valence-corrected chi connectivity index (χ3v) is 1.91. The highest BCUT2D eigenvalue weighted by atomic mass is 16.5. The summed E-state index contributed by atoms with van der Waals surface area (Å²) in [7, 11) is 1.54. The van der Waals surface area contributed by atoms with Gasteiger partial charge in [-0.2, -0.15) is 0 Å². The molecule has 86 valence electrons. The smallest absolute Gasteiger partial charge is 0.328 e. The van der Waals surface area contributed by atoms with Crippen LogP contribution in [0.5, 0.6) is 11.5 Å². The van der Waals surface area contributed by atoms with Crippen LogP contribution in [0, 0.1) is 0 Å². The Labute approximate surface area is 94.1 Å². The molecule has 0 spiro atoms. The van der Waals surface area contributed by atoms with Crippen LogP contribution in [-0.2, 0) is 4.79 Å². The molecule has 0 aliphatic carbocycles. The fourth-order valence-corrected chi connectivity index (χ4v) is 1.23. The molecule has 0 aliphatic rings. The van der Waals surface area contributed by atoms with Gasteiger partial charge in [0.2, 0.25) is 0 Å². The van der Waals surface area contributed by atoms with Gasteiger partial charge in [-0.25, -0.2) is 4.79 Å². The van der Waals surface area contributed by atoms with Crippen LogP contribution in [0.4, 0.5) is 0 Å². The second-order valence-corrected chi connectivity index (χ2v) is 3.01. The fourth-order valence-electron chi connectivity index (χ4n) is 1.23. The van der Waals surface area contributed by atoms with Crippen LogP contribution in [0.1, 0.15) is 12.5 Å². The van der Waals surface area contributed by atoms with Gasteiger partial charge in [0.15, 0.2) is 11.5 Å². The van der Waals surface area contributed by atoms with Crippen LogP contribution in [0.25, 0.3) is 6.08 Å². The molecule has 1 rings (SSSR count). The minimum absolute atomic E-state index is 0.556. The number of rotatable bonds is 5. The van der Waals surface area contributed by atoms with Crippen LogP contribution in [0.15, 0.2) is 24.3 Å². The first-order valence-corrected chi connectivity index (χ1v) is 4.89. The Hall–Kier alpha value is -1.97. The van der Waals surface area contributed by atoms with Crippen molar-refractivity contribution in [2.75, 3.05) is 13.7 Å². The molecule has 0 aromatic heterocycles. The number of ether oxygens (including phenoxy) is 2. The molecular formula is C12H14O4. The Bertz CT molecular complexity index is 396. The third kappa shape index (κ3) is 3.31. The Morgan fingerprint density at radius 3 is 2.75 bits per heavy atom. The Kier molecular flexibility index (Phi) is 4.39. The second-order valence-electron chi connectivity index (χ2n) is 3.01. The van der Waals surface area contributed by atoms with Crippen molar-refractivity contribution in [1.82, 2.24) is 0 Å². The maximum absolute atomic E-state index is 10.4. The number of methoxy groups -OCH3 is 1. The molecule has 0 amide bonds. The maximum atomic E-state index is 10.4. The van der Waals surface area contributed by atoms with Gasteiger partial charge in [0, 0.05) is 6.08 Å². The van der Waals surface area contributed by atoms with Crippen molar-refractivity contribution < 1.29 is 19.4 Å². The average Bonchev–Trinajstić information content (AvgIpc) is 2.28. The number of hydrogen-bond donors (Lipinski definition) is 1. The Morgan fingerprint density at radius 1 is 1.44 bits per heavy atom. The quantitative estimate of drug-likeness (QED) is 0.776. The molecule has 1 N–H and O–H groups in total. The molecule has 16 heavy (non-hydrogen) atoms. The number of carboxylic acid groups (broad SMARTS) is 1. The van der Waals surface area contributed by atoms with E-state index in [2.05, 4.69) is 0 Å². The summed E-state index contributed by atoms with van der Waals surface area (Å²) in [6, 6.07) is 5.25. The number of benzene rings is 1. The molecule has 0 bridgehead atoms. The van der Waals surface area contributed by atoms with Crippen molar-refractivity contribution in [1.29, 1.82) is 0 Å². The molecule has 0 saturated heterocycles. The van der Waals surface area contributed by atoms with Crippen molar-refractivity contribution >= 4 is 12.0 Å². The predicted molar refractivity (Wildman–Crippen MR) is 60.8 cm³/mol. The molecule has 0 fully saturated rings. The van der Waals surface area contributed by atoms with E-state index in [9.17, 15) is 4.79 Å². The van der Waals surface area contributed by atoms with Crippen LogP contribution in [0.2, 0.25) is 0 Å². The summed E-state index contributed by atoms with van der Waals surface area (Å²) in [6.45, 7) is 2.44. The summed E-state index contributed by atoms with van der Waals surface area (Å²) in [5.41, 5.74) is 0.753. The van der Waals surface area contributed by atoms with E-state index >= 15 is 0 Å². The second kappa shape index (κ2) is 5.80. The summed E-state index contributed by atoms with van der Waals surface area (Å²) in [4.78, 5) is 10.4. The summed E-state index contributed by atoms with van der Waals surface area (Å²) < 4.78 is 10.5. The van der Waals surface area contributed by atoms with Gasteiger partial charge in [0.05, 0.1) is 13.7 Å². The molecule has 1 aromatic rings. The monoisotopic (exact) mass is 222 g/mol. The lowest BCUT2D eigenvalue weighted by Crippen LogP contribution is -1.95. The largest absolute Gasteiger partial charge is 0.493 e. The van der Waals surface area contributed by atoms with Gasteiger partial charge in [-0.3, -0.25) is 0 Å². The van der Waals surface area contributed by atoms with Crippen LogP contribution < -0.4 is 9.47 Å². The summed E-state index contributed by atoms with van der Waals surface area (Å²) >= 11 is 0. The summed E-state index contributed by atoms with van der Waals surface area (Å²) in [6.07, 6.45) is 2.58. The van der Waals surface area contributed by atoms with Gasteiger partial charge in [-0.15, -0.1) is 0 Å². The van der Waals surface area contributed by atoms with Gasteiger partial charge in [-0.1, -0.05) is 6.07 Å². The Morgan fingerprint density at radius 2 is 2.19 bits per heavy atom. The lowest BCUT2D eigenvalue weighted by Gasteiger charge is -2.09. The fraction of sp³-hybridized carbons (Fsp3) is 0.250. The first-order chi connectivity index (χ1) is 7.67.